The van der Waals surface area contributed by atoms with Gasteiger partial charge >= 0.3 is 0 Å². The highest BCUT2D eigenvalue weighted by Crippen LogP contribution is 2.29. The molecule has 0 aromatic heterocycles. The van der Waals surface area contributed by atoms with Gasteiger partial charge in [0.15, 0.2) is 6.04 Å². The largest absolute Gasteiger partial charge is 0.497 e. The fourth-order valence-corrected chi connectivity index (χ4v) is 3.78. The highest BCUT2D eigenvalue weighted by Gasteiger charge is 2.47. The number of nitrogens with two attached hydrogens (primary N) is 1. The Balaban J connectivity index is 1.78. The summed E-state index contributed by atoms with van der Waals surface area (Å²) in [6, 6.07) is 4.99. The standard InChI is InChI=1S/C18H23N3O4/c1-11-3-4-13(25-2)9-14(11)21-16(22)10-15(18(21)24)20-7-5-12(6-8-20)17(19)23/h3-4,9,12,15H,5-8,10H2,1-2H3,(H2,19,23)/p+1/t15-/m1/s1. The molecule has 1 aromatic rings. The van der Waals surface area contributed by atoms with E-state index in [0.29, 0.717) is 37.4 Å². The summed E-state index contributed by atoms with van der Waals surface area (Å²) in [6.45, 7) is 3.23. The number of hydrogen-bond acceptors (Lipinski definition) is 4. The summed E-state index contributed by atoms with van der Waals surface area (Å²) in [7, 11) is 1.55. The molecule has 1 atom stereocenters. The third-order valence-electron chi connectivity index (χ3n) is 5.33. The van der Waals surface area contributed by atoms with E-state index in [2.05, 4.69) is 0 Å². The van der Waals surface area contributed by atoms with Crippen molar-refractivity contribution in [1.29, 1.82) is 0 Å². The number of benzene rings is 1. The van der Waals surface area contributed by atoms with Crippen LogP contribution in [0.5, 0.6) is 5.75 Å². The van der Waals surface area contributed by atoms with Crippen molar-refractivity contribution in [3.8, 4) is 5.75 Å². The molecule has 0 unspecified atom stereocenters. The zero-order chi connectivity index (χ0) is 18.1. The van der Waals surface area contributed by atoms with Crippen LogP contribution in [-0.2, 0) is 14.4 Å². The number of methoxy groups -OCH3 is 1. The van der Waals surface area contributed by atoms with Gasteiger partial charge in [-0.15, -0.1) is 0 Å². The average Bonchev–Trinajstić information content (AvgIpc) is 2.90. The minimum absolute atomic E-state index is 0.118. The highest BCUT2D eigenvalue weighted by atomic mass is 16.5. The number of imide groups is 1. The molecule has 0 aliphatic carbocycles. The van der Waals surface area contributed by atoms with Crippen LogP contribution < -0.4 is 20.3 Å². The number of amides is 3. The Kier molecular flexibility index (Phi) is 4.76. The molecule has 3 rings (SSSR count). The molecule has 0 saturated carbocycles. The van der Waals surface area contributed by atoms with Crippen LogP contribution in [0.2, 0.25) is 0 Å². The molecule has 2 heterocycles. The summed E-state index contributed by atoms with van der Waals surface area (Å²) in [5.41, 5.74) is 6.81. The number of primary amides is 1. The quantitative estimate of drug-likeness (QED) is 0.713. The molecule has 2 aliphatic heterocycles. The molecule has 3 amide bonds. The predicted octanol–water partition coefficient (Wildman–Crippen LogP) is -0.584. The Labute approximate surface area is 146 Å². The van der Waals surface area contributed by atoms with Gasteiger partial charge in [-0.1, -0.05) is 6.07 Å². The summed E-state index contributed by atoms with van der Waals surface area (Å²) in [5.74, 6) is -0.141. The fraction of sp³-hybridized carbons (Fsp3) is 0.500. The van der Waals surface area contributed by atoms with Crippen molar-refractivity contribution in [2.45, 2.75) is 32.2 Å². The lowest BCUT2D eigenvalue weighted by atomic mass is 9.95. The number of piperidine rings is 1. The molecule has 0 bridgehead atoms. The lowest BCUT2D eigenvalue weighted by Gasteiger charge is -2.30. The van der Waals surface area contributed by atoms with Crippen molar-refractivity contribution in [2.24, 2.45) is 11.7 Å². The van der Waals surface area contributed by atoms with Gasteiger partial charge in [-0.2, -0.15) is 0 Å². The van der Waals surface area contributed by atoms with E-state index in [-0.39, 0.29) is 36.1 Å². The van der Waals surface area contributed by atoms with Gasteiger partial charge in [-0.3, -0.25) is 14.4 Å². The predicted molar refractivity (Wildman–Crippen MR) is 91.2 cm³/mol. The van der Waals surface area contributed by atoms with Crippen LogP contribution in [0.25, 0.3) is 0 Å². The van der Waals surface area contributed by atoms with E-state index in [0.717, 1.165) is 10.5 Å². The van der Waals surface area contributed by atoms with E-state index in [1.807, 2.05) is 13.0 Å². The molecule has 25 heavy (non-hydrogen) atoms. The van der Waals surface area contributed by atoms with Crippen molar-refractivity contribution in [2.75, 3.05) is 25.1 Å². The number of aryl methyl sites for hydroxylation is 1. The number of carbonyl (C=O) groups excluding carboxylic acids is 3. The maximum absolute atomic E-state index is 12.9. The number of likely N-dealkylation sites (tertiary alicyclic amines) is 1. The van der Waals surface area contributed by atoms with Crippen LogP contribution in [-0.4, -0.2) is 44.0 Å². The van der Waals surface area contributed by atoms with Crippen LogP contribution in [0.15, 0.2) is 18.2 Å². The molecule has 1 aromatic carbocycles. The van der Waals surface area contributed by atoms with Gasteiger partial charge in [-0.05, 0) is 18.6 Å². The SMILES string of the molecule is COc1ccc(C)c(N2C(=O)C[C@@H]([NH+]3CCC(C(N)=O)CC3)C2=O)c1. The van der Waals surface area contributed by atoms with E-state index < -0.39 is 0 Å². The molecule has 2 fully saturated rings. The summed E-state index contributed by atoms with van der Waals surface area (Å²) in [4.78, 5) is 39.1. The van der Waals surface area contributed by atoms with Gasteiger partial charge in [0.25, 0.3) is 5.91 Å². The molecule has 3 N–H and O–H groups in total. The maximum Gasteiger partial charge on any atom is 0.292 e. The fourth-order valence-electron chi connectivity index (χ4n) is 3.78. The number of ether oxygens (including phenoxy) is 1. The first kappa shape index (κ1) is 17.4. The van der Waals surface area contributed by atoms with Crippen LogP contribution in [0, 0.1) is 12.8 Å². The molecule has 7 heteroatoms. The number of nitrogens with zero attached hydrogens (tertiary/aromatic N) is 1. The van der Waals surface area contributed by atoms with E-state index in [1.54, 1.807) is 19.2 Å². The van der Waals surface area contributed by atoms with E-state index in [4.69, 9.17) is 10.5 Å². The lowest BCUT2D eigenvalue weighted by Crippen LogP contribution is -3.17. The van der Waals surface area contributed by atoms with E-state index in [9.17, 15) is 14.4 Å². The van der Waals surface area contributed by atoms with Gasteiger partial charge in [0, 0.05) is 24.8 Å². The van der Waals surface area contributed by atoms with Gasteiger partial charge in [-0.25, -0.2) is 4.90 Å². The zero-order valence-electron chi connectivity index (χ0n) is 14.6. The van der Waals surface area contributed by atoms with Crippen LogP contribution in [0.4, 0.5) is 5.69 Å². The Morgan fingerprint density at radius 3 is 2.56 bits per heavy atom. The van der Waals surface area contributed by atoms with Crippen molar-refractivity contribution >= 4 is 23.4 Å². The lowest BCUT2D eigenvalue weighted by molar-refractivity contribution is -0.920. The molecule has 7 nitrogen and oxygen atoms in total. The molecule has 134 valence electrons. The number of rotatable bonds is 4. The van der Waals surface area contributed by atoms with Crippen LogP contribution >= 0.6 is 0 Å². The van der Waals surface area contributed by atoms with Crippen molar-refractivity contribution in [3.05, 3.63) is 23.8 Å². The second-order valence-corrected chi connectivity index (χ2v) is 6.81. The minimum Gasteiger partial charge on any atom is -0.497 e. The smallest absolute Gasteiger partial charge is 0.292 e. The Bertz CT molecular complexity index is 710. The first-order valence-electron chi connectivity index (χ1n) is 8.57. The number of carbonyl (C=O) groups is 3. The number of nitrogens with one attached hydrogen (secondary N) is 1. The number of quaternary nitrogens is 1. The van der Waals surface area contributed by atoms with Crippen LogP contribution in [0.3, 0.4) is 0 Å². The zero-order valence-corrected chi connectivity index (χ0v) is 14.6. The second kappa shape index (κ2) is 6.84. The summed E-state index contributed by atoms with van der Waals surface area (Å²) in [6.07, 6.45) is 1.54. The number of anilines is 1. The van der Waals surface area contributed by atoms with Crippen molar-refractivity contribution in [1.82, 2.24) is 0 Å². The van der Waals surface area contributed by atoms with Gasteiger partial charge < -0.3 is 15.4 Å². The van der Waals surface area contributed by atoms with E-state index in [1.165, 1.54) is 4.90 Å². The highest BCUT2D eigenvalue weighted by molar-refractivity contribution is 6.22. The van der Waals surface area contributed by atoms with Gasteiger partial charge in [0.05, 0.1) is 32.3 Å². The average molecular weight is 346 g/mol. The monoisotopic (exact) mass is 346 g/mol. The maximum atomic E-state index is 12.9. The molecule has 2 aliphatic rings. The number of hydrogen-bond donors (Lipinski definition) is 2. The first-order chi connectivity index (χ1) is 11.9. The summed E-state index contributed by atoms with van der Waals surface area (Å²) < 4.78 is 5.22. The minimum atomic E-state index is -0.382. The topological polar surface area (TPSA) is 94.1 Å². The molecule has 2 saturated heterocycles. The second-order valence-electron chi connectivity index (χ2n) is 6.81. The van der Waals surface area contributed by atoms with Gasteiger partial charge in [0.1, 0.15) is 5.75 Å². The normalized spacial score (nSPS) is 26.8. The van der Waals surface area contributed by atoms with Gasteiger partial charge in [0.2, 0.25) is 11.8 Å². The summed E-state index contributed by atoms with van der Waals surface area (Å²) >= 11 is 0. The Morgan fingerprint density at radius 1 is 1.28 bits per heavy atom. The van der Waals surface area contributed by atoms with Crippen molar-refractivity contribution in [3.63, 3.8) is 0 Å². The Morgan fingerprint density at radius 2 is 1.96 bits per heavy atom. The Hall–Kier alpha value is -2.41. The first-order valence-corrected chi connectivity index (χ1v) is 8.57. The van der Waals surface area contributed by atoms with E-state index >= 15 is 0 Å². The molecular formula is C18H24N3O4+. The molecular weight excluding hydrogens is 322 g/mol. The third-order valence-corrected chi connectivity index (χ3v) is 5.33. The third kappa shape index (κ3) is 3.24. The molecule has 0 radical (unpaired) electrons. The summed E-state index contributed by atoms with van der Waals surface area (Å²) in [5, 5.41) is 0. The molecule has 0 spiro atoms. The van der Waals surface area contributed by atoms with Crippen molar-refractivity contribution < 1.29 is 24.0 Å². The van der Waals surface area contributed by atoms with Crippen LogP contribution in [0.1, 0.15) is 24.8 Å².